The van der Waals surface area contributed by atoms with Crippen molar-refractivity contribution in [3.05, 3.63) is 145 Å². The minimum atomic E-state index is 0.674. The number of hydrogen-bond acceptors (Lipinski definition) is 1. The van der Waals surface area contributed by atoms with E-state index in [0.717, 1.165) is 11.1 Å². The molecule has 0 atom stereocenters. The molecule has 7 aromatic carbocycles. The van der Waals surface area contributed by atoms with E-state index in [2.05, 4.69) is 121 Å². The maximum atomic E-state index is 9.19. The van der Waals surface area contributed by atoms with Crippen LogP contribution in [-0.4, -0.2) is 0 Å². The maximum Gasteiger partial charge on any atom is 0.0991 e. The van der Waals surface area contributed by atoms with Gasteiger partial charge in [-0.05, 0) is 101 Å². The van der Waals surface area contributed by atoms with Crippen LogP contribution in [0.1, 0.15) is 5.56 Å². The van der Waals surface area contributed by atoms with Crippen molar-refractivity contribution in [2.24, 2.45) is 0 Å². The number of nitrogens with zero attached hydrogens (tertiary/aromatic N) is 1. The van der Waals surface area contributed by atoms with Crippen molar-refractivity contribution in [2.45, 2.75) is 0 Å². The first kappa shape index (κ1) is 22.5. The van der Waals surface area contributed by atoms with Gasteiger partial charge in [0.1, 0.15) is 0 Å². The number of benzene rings is 7. The van der Waals surface area contributed by atoms with E-state index in [1.807, 2.05) is 24.3 Å². The van der Waals surface area contributed by atoms with Gasteiger partial charge in [0.05, 0.1) is 11.6 Å². The molecule has 40 heavy (non-hydrogen) atoms. The van der Waals surface area contributed by atoms with Gasteiger partial charge in [-0.3, -0.25) is 0 Å². The standard InChI is InChI=1S/C39H23N/c40-24-25-12-14-26(15-13-25)31-6-1-2-7-32(31)29-18-16-28-23-30(19-17-27(28)22-29)33-20-21-38-35-9-4-3-8-34(35)37-11-5-10-36(33)39(37)38/h1-23H. The zero-order chi connectivity index (χ0) is 26.6. The van der Waals surface area contributed by atoms with Crippen molar-refractivity contribution in [1.29, 1.82) is 5.26 Å². The fourth-order valence-electron chi connectivity index (χ4n) is 6.35. The van der Waals surface area contributed by atoms with E-state index in [1.165, 1.54) is 66.1 Å². The van der Waals surface area contributed by atoms with E-state index >= 15 is 0 Å². The first-order valence-electron chi connectivity index (χ1n) is 13.6. The van der Waals surface area contributed by atoms with Crippen molar-refractivity contribution in [2.75, 3.05) is 0 Å². The van der Waals surface area contributed by atoms with Gasteiger partial charge in [-0.15, -0.1) is 0 Å². The number of fused-ring (bicyclic) bond motifs is 4. The Morgan fingerprint density at radius 2 is 0.875 bits per heavy atom. The third-order valence-corrected chi connectivity index (χ3v) is 8.26. The fraction of sp³-hybridized carbons (Fsp3) is 0. The Hall–Kier alpha value is -5.45. The number of rotatable bonds is 3. The van der Waals surface area contributed by atoms with E-state index in [1.54, 1.807) is 0 Å². The van der Waals surface area contributed by atoms with E-state index in [4.69, 9.17) is 0 Å². The van der Waals surface area contributed by atoms with Gasteiger partial charge in [0.15, 0.2) is 0 Å². The normalized spacial score (nSPS) is 11.5. The van der Waals surface area contributed by atoms with Crippen molar-refractivity contribution < 1.29 is 0 Å². The molecule has 0 amide bonds. The molecule has 0 aliphatic heterocycles. The molecule has 0 unspecified atom stereocenters. The average molecular weight is 506 g/mol. The summed E-state index contributed by atoms with van der Waals surface area (Å²) in [7, 11) is 0. The lowest BCUT2D eigenvalue weighted by atomic mass is 9.91. The molecule has 1 aliphatic rings. The van der Waals surface area contributed by atoms with Crippen LogP contribution < -0.4 is 0 Å². The quantitative estimate of drug-likeness (QED) is 0.234. The molecule has 7 aromatic rings. The Kier molecular flexibility index (Phi) is 4.96. The van der Waals surface area contributed by atoms with Crippen LogP contribution in [0.15, 0.2) is 140 Å². The smallest absolute Gasteiger partial charge is 0.0991 e. The van der Waals surface area contributed by atoms with Gasteiger partial charge in [0.2, 0.25) is 0 Å². The highest BCUT2D eigenvalue weighted by molar-refractivity contribution is 6.18. The Bertz CT molecular complexity index is 2130. The Morgan fingerprint density at radius 3 is 1.52 bits per heavy atom. The SMILES string of the molecule is N#Cc1ccc(-c2ccccc2-c2ccc3cc(-c4ccc5c6c(cccc46)-c4ccccc4-5)ccc3c2)cc1. The summed E-state index contributed by atoms with van der Waals surface area (Å²) < 4.78 is 0. The monoisotopic (exact) mass is 505 g/mol. The van der Waals surface area contributed by atoms with Crippen LogP contribution in [0.4, 0.5) is 0 Å². The van der Waals surface area contributed by atoms with Gasteiger partial charge in [-0.25, -0.2) is 0 Å². The lowest BCUT2D eigenvalue weighted by molar-refractivity contribution is 1.48. The molecule has 0 saturated heterocycles. The van der Waals surface area contributed by atoms with E-state index in [0.29, 0.717) is 5.56 Å². The van der Waals surface area contributed by atoms with Crippen molar-refractivity contribution in [3.63, 3.8) is 0 Å². The van der Waals surface area contributed by atoms with Gasteiger partial charge in [-0.1, -0.05) is 115 Å². The second kappa shape index (κ2) is 8.80. The minimum Gasteiger partial charge on any atom is -0.192 e. The summed E-state index contributed by atoms with van der Waals surface area (Å²) in [6, 6.07) is 52.1. The highest BCUT2D eigenvalue weighted by Gasteiger charge is 2.22. The van der Waals surface area contributed by atoms with Crippen LogP contribution >= 0.6 is 0 Å². The molecular formula is C39H23N. The van der Waals surface area contributed by atoms with Gasteiger partial charge >= 0.3 is 0 Å². The Balaban J connectivity index is 1.22. The molecule has 0 saturated carbocycles. The second-order valence-electron chi connectivity index (χ2n) is 10.4. The fourth-order valence-corrected chi connectivity index (χ4v) is 6.35. The Labute approximate surface area is 233 Å². The summed E-state index contributed by atoms with van der Waals surface area (Å²) in [5.41, 5.74) is 13.1. The lowest BCUT2D eigenvalue weighted by Gasteiger charge is -2.13. The largest absolute Gasteiger partial charge is 0.192 e. The lowest BCUT2D eigenvalue weighted by Crippen LogP contribution is -1.87. The summed E-state index contributed by atoms with van der Waals surface area (Å²) in [6.07, 6.45) is 0. The molecule has 1 aliphatic carbocycles. The van der Waals surface area contributed by atoms with Crippen molar-refractivity contribution >= 4 is 21.5 Å². The van der Waals surface area contributed by atoms with Crippen LogP contribution in [0, 0.1) is 11.3 Å². The average Bonchev–Trinajstić information content (AvgIpc) is 3.36. The molecule has 8 rings (SSSR count). The zero-order valence-corrected chi connectivity index (χ0v) is 21.7. The summed E-state index contributed by atoms with van der Waals surface area (Å²) in [4.78, 5) is 0. The van der Waals surface area contributed by atoms with Gasteiger partial charge < -0.3 is 0 Å². The third-order valence-electron chi connectivity index (χ3n) is 8.26. The van der Waals surface area contributed by atoms with Crippen LogP contribution in [0.2, 0.25) is 0 Å². The highest BCUT2D eigenvalue weighted by atomic mass is 14.3. The van der Waals surface area contributed by atoms with E-state index in [-0.39, 0.29) is 0 Å². The molecule has 0 fully saturated rings. The molecule has 0 radical (unpaired) electrons. The predicted octanol–water partition coefficient (Wildman–Crippen LogP) is 10.5. The van der Waals surface area contributed by atoms with Crippen LogP contribution in [-0.2, 0) is 0 Å². The van der Waals surface area contributed by atoms with Crippen LogP contribution in [0.25, 0.3) is 77.2 Å². The first-order chi connectivity index (χ1) is 19.8. The minimum absolute atomic E-state index is 0.674. The summed E-state index contributed by atoms with van der Waals surface area (Å²) in [5, 5.41) is 14.3. The number of nitriles is 1. The predicted molar refractivity (Wildman–Crippen MR) is 167 cm³/mol. The zero-order valence-electron chi connectivity index (χ0n) is 21.7. The molecule has 0 heterocycles. The van der Waals surface area contributed by atoms with Crippen molar-refractivity contribution in [3.8, 4) is 61.7 Å². The number of hydrogen-bond donors (Lipinski definition) is 0. The Morgan fingerprint density at radius 1 is 0.375 bits per heavy atom. The maximum absolute atomic E-state index is 9.19. The van der Waals surface area contributed by atoms with Gasteiger partial charge in [0.25, 0.3) is 0 Å². The second-order valence-corrected chi connectivity index (χ2v) is 10.4. The molecular weight excluding hydrogens is 482 g/mol. The highest BCUT2D eigenvalue weighted by Crippen LogP contribution is 2.49. The molecule has 1 nitrogen and oxygen atoms in total. The van der Waals surface area contributed by atoms with Crippen LogP contribution in [0.5, 0.6) is 0 Å². The molecule has 0 spiro atoms. The summed E-state index contributed by atoms with van der Waals surface area (Å²) in [6.45, 7) is 0. The van der Waals surface area contributed by atoms with Gasteiger partial charge in [0, 0.05) is 0 Å². The molecule has 1 heteroatoms. The molecule has 184 valence electrons. The van der Waals surface area contributed by atoms with E-state index < -0.39 is 0 Å². The van der Waals surface area contributed by atoms with Gasteiger partial charge in [-0.2, -0.15) is 5.26 Å². The molecule has 0 aromatic heterocycles. The first-order valence-corrected chi connectivity index (χ1v) is 13.6. The summed E-state index contributed by atoms with van der Waals surface area (Å²) in [5.74, 6) is 0. The third kappa shape index (κ3) is 3.40. The topological polar surface area (TPSA) is 23.8 Å². The summed E-state index contributed by atoms with van der Waals surface area (Å²) >= 11 is 0. The van der Waals surface area contributed by atoms with E-state index in [9.17, 15) is 5.26 Å². The molecule has 0 bridgehead atoms. The van der Waals surface area contributed by atoms with Crippen molar-refractivity contribution in [1.82, 2.24) is 0 Å². The molecule has 0 N–H and O–H groups in total. The van der Waals surface area contributed by atoms with Crippen LogP contribution in [0.3, 0.4) is 0 Å².